The van der Waals surface area contributed by atoms with Crippen molar-refractivity contribution in [2.45, 2.75) is 219 Å². The fourth-order valence-electron chi connectivity index (χ4n) is 21.7. The number of carbonyl (C=O) groups is 5. The fraction of sp³-hybridized carbons (Fsp3) is 0.855. The molecule has 8 saturated carbocycles. The summed E-state index contributed by atoms with van der Waals surface area (Å²) in [6, 6.07) is 0. The van der Waals surface area contributed by atoms with Crippen molar-refractivity contribution in [2.24, 2.45) is 113 Å². The number of hydrogen-bond acceptors (Lipinski definition) is 7. The lowest BCUT2D eigenvalue weighted by atomic mass is 9.33. The van der Waals surface area contributed by atoms with E-state index in [4.69, 9.17) is 4.74 Å². The first-order valence-corrected chi connectivity index (χ1v) is 28.6. The second-order valence-electron chi connectivity index (χ2n) is 29.4. The SMILES string of the molecule is CC(=O)O[C@@H]1CC[C@@]2(C)[C@@H](CC[C@]3(C)[C@@H]2C(=O)C=C2[C@@H]4[C@@H](C)[C@H](C)CC[C@]4(C)CC[C@]23C)[C@@]1(C)C(=O)O.C[C@H]1[C@H](C)CC[C@]2(C)CC[C@]3(C)C(=CC(=O)[C@@H]4[C@@]5(C)CC[C@@H](O)[C@](C)(C(=O)O)[C@@H]5CC[C@]43C)[C@H]12. The monoisotopic (exact) mass is 983 g/mol. The Balaban J connectivity index is 0.000000176. The molecule has 9 nitrogen and oxygen atoms in total. The smallest absolute Gasteiger partial charge is 0.313 e. The summed E-state index contributed by atoms with van der Waals surface area (Å²) in [5.41, 5.74) is -0.405. The minimum absolute atomic E-state index is 0.0370. The number of carbonyl (C=O) groups excluding carboxylic acids is 3. The summed E-state index contributed by atoms with van der Waals surface area (Å²) < 4.78 is 5.63. The van der Waals surface area contributed by atoms with Gasteiger partial charge < -0.3 is 20.1 Å². The van der Waals surface area contributed by atoms with Crippen molar-refractivity contribution >= 4 is 29.5 Å². The lowest BCUT2D eigenvalue weighted by Crippen LogP contribution is -2.68. The molecule has 0 aromatic rings. The van der Waals surface area contributed by atoms with Crippen molar-refractivity contribution in [2.75, 3.05) is 0 Å². The lowest BCUT2D eigenvalue weighted by molar-refractivity contribution is -0.220. The van der Waals surface area contributed by atoms with Crippen molar-refractivity contribution in [1.82, 2.24) is 0 Å². The van der Waals surface area contributed by atoms with Crippen LogP contribution in [0.15, 0.2) is 23.3 Å². The number of esters is 1. The highest BCUT2D eigenvalue weighted by Crippen LogP contribution is 2.77. The maximum atomic E-state index is 14.4. The molecule has 8 fully saturated rings. The number of aliphatic hydroxyl groups excluding tert-OH is 1. The Kier molecular flexibility index (Phi) is 12.4. The van der Waals surface area contributed by atoms with Gasteiger partial charge in [-0.25, -0.2) is 0 Å². The van der Waals surface area contributed by atoms with Crippen molar-refractivity contribution in [1.29, 1.82) is 0 Å². The molecule has 0 aromatic carbocycles. The van der Waals surface area contributed by atoms with E-state index in [0.29, 0.717) is 54.8 Å². The van der Waals surface area contributed by atoms with Crippen LogP contribution in [-0.4, -0.2) is 57.0 Å². The van der Waals surface area contributed by atoms with Gasteiger partial charge in [0.1, 0.15) is 11.5 Å². The number of aliphatic carboxylic acids is 2. The summed E-state index contributed by atoms with van der Waals surface area (Å²) in [5.74, 6) is 0.732. The van der Waals surface area contributed by atoms with Gasteiger partial charge in [-0.15, -0.1) is 0 Å². The Hall–Kier alpha value is -2.81. The summed E-state index contributed by atoms with van der Waals surface area (Å²) >= 11 is 0. The maximum Gasteiger partial charge on any atom is 0.313 e. The summed E-state index contributed by atoms with van der Waals surface area (Å²) in [4.78, 5) is 65.9. The molecule has 0 aliphatic heterocycles. The van der Waals surface area contributed by atoms with Crippen LogP contribution in [0.4, 0.5) is 0 Å². The second-order valence-corrected chi connectivity index (χ2v) is 29.4. The highest BCUT2D eigenvalue weighted by Gasteiger charge is 2.74. The molecule has 0 radical (unpaired) electrons. The number of allylic oxidation sites excluding steroid dienone is 4. The lowest BCUT2D eigenvalue weighted by Gasteiger charge is -2.70. The van der Waals surface area contributed by atoms with Gasteiger partial charge in [0.25, 0.3) is 0 Å². The minimum Gasteiger partial charge on any atom is -0.481 e. The Labute approximate surface area is 427 Å². The van der Waals surface area contributed by atoms with E-state index < -0.39 is 51.8 Å². The average molecular weight is 983 g/mol. The Bertz CT molecular complexity index is 2330. The third-order valence-electron chi connectivity index (χ3n) is 26.7. The first kappa shape index (κ1) is 53.0. The summed E-state index contributed by atoms with van der Waals surface area (Å²) in [6.07, 6.45) is 17.9. The Morgan fingerprint density at radius 1 is 0.521 bits per heavy atom. The molecule has 10 rings (SSSR count). The van der Waals surface area contributed by atoms with Crippen LogP contribution < -0.4 is 0 Å². The summed E-state index contributed by atoms with van der Waals surface area (Å²) in [6.45, 7) is 33.4. The molecule has 3 N–H and O–H groups in total. The molecule has 22 atom stereocenters. The number of fused-ring (bicyclic) bond motifs is 14. The van der Waals surface area contributed by atoms with Gasteiger partial charge in [-0.3, -0.25) is 24.0 Å². The molecule has 0 aromatic heterocycles. The van der Waals surface area contributed by atoms with Crippen LogP contribution in [0.3, 0.4) is 0 Å². The predicted molar refractivity (Wildman–Crippen MR) is 276 cm³/mol. The normalized spacial score (nSPS) is 54.9. The van der Waals surface area contributed by atoms with Crippen LogP contribution >= 0.6 is 0 Å². The van der Waals surface area contributed by atoms with Gasteiger partial charge in [0, 0.05) is 18.8 Å². The van der Waals surface area contributed by atoms with E-state index in [9.17, 15) is 39.3 Å². The number of carboxylic acid groups (broad SMARTS) is 2. The highest BCUT2D eigenvalue weighted by molar-refractivity contribution is 5.97. The van der Waals surface area contributed by atoms with E-state index in [0.717, 1.165) is 44.9 Å². The maximum absolute atomic E-state index is 14.4. The number of rotatable bonds is 3. The Morgan fingerprint density at radius 3 is 1.31 bits per heavy atom. The van der Waals surface area contributed by atoms with Crippen LogP contribution in [0.1, 0.15) is 207 Å². The number of ether oxygens (including phenoxy) is 1. The van der Waals surface area contributed by atoms with Crippen LogP contribution in [-0.2, 0) is 28.7 Å². The molecule has 10 aliphatic rings. The zero-order valence-corrected chi connectivity index (χ0v) is 46.7. The molecule has 71 heavy (non-hydrogen) atoms. The number of carboxylic acids is 2. The molecule has 10 aliphatic carbocycles. The van der Waals surface area contributed by atoms with Crippen molar-refractivity contribution in [3.8, 4) is 0 Å². The van der Waals surface area contributed by atoms with Gasteiger partial charge in [-0.1, -0.05) is 94.2 Å². The van der Waals surface area contributed by atoms with Gasteiger partial charge >= 0.3 is 17.9 Å². The first-order valence-electron chi connectivity index (χ1n) is 28.6. The third-order valence-corrected chi connectivity index (χ3v) is 26.7. The quantitative estimate of drug-likeness (QED) is 0.234. The topological polar surface area (TPSA) is 155 Å². The molecule has 9 heteroatoms. The van der Waals surface area contributed by atoms with Crippen LogP contribution in [0.25, 0.3) is 0 Å². The van der Waals surface area contributed by atoms with E-state index in [2.05, 4.69) is 95.2 Å². The molecule has 0 saturated heterocycles. The molecular weight excluding hydrogens is 889 g/mol. The van der Waals surface area contributed by atoms with Gasteiger partial charge in [0.2, 0.25) is 0 Å². The van der Waals surface area contributed by atoms with Gasteiger partial charge in [-0.05, 0) is 219 Å². The number of aliphatic hydroxyl groups is 1. The average Bonchev–Trinajstić information content (AvgIpc) is 3.27. The molecule has 0 amide bonds. The van der Waals surface area contributed by atoms with E-state index in [1.54, 1.807) is 13.8 Å². The zero-order valence-electron chi connectivity index (χ0n) is 46.7. The number of ketones is 2. The molecule has 0 heterocycles. The van der Waals surface area contributed by atoms with Crippen molar-refractivity contribution in [3.63, 3.8) is 0 Å². The third kappa shape index (κ3) is 6.78. The van der Waals surface area contributed by atoms with E-state index in [1.165, 1.54) is 56.6 Å². The predicted octanol–water partition coefficient (Wildman–Crippen LogP) is 13.1. The zero-order chi connectivity index (χ0) is 52.4. The number of hydrogen-bond donors (Lipinski definition) is 3. The first-order chi connectivity index (χ1) is 32.7. The highest BCUT2D eigenvalue weighted by atomic mass is 16.5. The van der Waals surface area contributed by atoms with Crippen LogP contribution in [0.5, 0.6) is 0 Å². The molecule has 0 bridgehead atoms. The second kappa shape index (κ2) is 16.6. The van der Waals surface area contributed by atoms with Crippen LogP contribution in [0.2, 0.25) is 0 Å². The largest absolute Gasteiger partial charge is 0.481 e. The fourth-order valence-corrected chi connectivity index (χ4v) is 21.7. The van der Waals surface area contributed by atoms with Crippen molar-refractivity contribution in [3.05, 3.63) is 23.3 Å². The summed E-state index contributed by atoms with van der Waals surface area (Å²) in [5, 5.41) is 31.6. The van der Waals surface area contributed by atoms with E-state index >= 15 is 0 Å². The molecule has 396 valence electrons. The van der Waals surface area contributed by atoms with E-state index in [-0.39, 0.29) is 67.7 Å². The Morgan fingerprint density at radius 2 is 0.915 bits per heavy atom. The van der Waals surface area contributed by atoms with Gasteiger partial charge in [-0.2, -0.15) is 0 Å². The standard InChI is InChI=1S/C32H48O5.C30H46O4/c1-18-9-12-28(4)15-16-30(6)21(25(28)19(18)2)17-22(34)26-29(5)13-11-24(37-20(3)33)32(8,27(35)36)23(29)10-14-31(26,30)7;1-17-8-11-26(3)14-15-28(5)19(23(26)18(17)2)16-20(31)24-27(4)12-10-22(32)30(7,25(33)34)21(27)9-13-29(24,28)6/h17-19,23-26H,9-16H2,1-8H3,(H,35,36);16-18,21-24,32H,8-15H2,1-7H3,(H,33,34)/t18-,19+,23-,24-,25+,26-,28-,29+,30-,31-,32-;17-,18+,21-,22-,23+,24-,26-,27+,28-,29-,30-/m11/s1. The minimum atomic E-state index is -1.20. The molecular formula is C62H94O9. The van der Waals surface area contributed by atoms with Crippen LogP contribution in [0, 0.1) is 113 Å². The van der Waals surface area contributed by atoms with E-state index in [1.807, 2.05) is 0 Å². The van der Waals surface area contributed by atoms with Gasteiger partial charge in [0.05, 0.1) is 11.5 Å². The summed E-state index contributed by atoms with van der Waals surface area (Å²) in [7, 11) is 0. The van der Waals surface area contributed by atoms with Crippen molar-refractivity contribution < 1.29 is 44.0 Å². The molecule has 0 spiro atoms. The molecule has 0 unspecified atom stereocenters. The van der Waals surface area contributed by atoms with Gasteiger partial charge in [0.15, 0.2) is 11.6 Å².